The summed E-state index contributed by atoms with van der Waals surface area (Å²) in [4.78, 5) is 80.7. The highest BCUT2D eigenvalue weighted by atomic mass is 19.4. The predicted molar refractivity (Wildman–Crippen MR) is 129 cm³/mol. The second-order valence-electron chi connectivity index (χ2n) is 8.41. The van der Waals surface area contributed by atoms with E-state index >= 15 is 0 Å². The lowest BCUT2D eigenvalue weighted by Crippen LogP contribution is -2.44. The molecule has 4 aromatic rings. The van der Waals surface area contributed by atoms with Crippen LogP contribution in [0.4, 0.5) is 19.0 Å². The molecule has 0 aliphatic carbocycles. The molecular weight excluding hydrogens is 541 g/mol. The van der Waals surface area contributed by atoms with E-state index in [-0.39, 0.29) is 28.2 Å². The zero-order valence-electron chi connectivity index (χ0n) is 20.9. The van der Waals surface area contributed by atoms with Gasteiger partial charge in [0.25, 0.3) is 5.56 Å². The lowest BCUT2D eigenvalue weighted by molar-refractivity contribution is -0.145. The van der Waals surface area contributed by atoms with E-state index in [9.17, 15) is 37.1 Å². The predicted octanol–water partition coefficient (Wildman–Crippen LogP) is 0.0249. The minimum absolute atomic E-state index is 0.0537. The first-order valence-corrected chi connectivity index (χ1v) is 11.3. The third-order valence-electron chi connectivity index (χ3n) is 5.56. The van der Waals surface area contributed by atoms with Crippen molar-refractivity contribution in [2.45, 2.75) is 32.6 Å². The van der Waals surface area contributed by atoms with Crippen LogP contribution in [0.15, 0.2) is 40.7 Å². The van der Waals surface area contributed by atoms with E-state index in [0.29, 0.717) is 4.57 Å². The summed E-state index contributed by atoms with van der Waals surface area (Å²) in [6, 6.07) is -1.10. The van der Waals surface area contributed by atoms with Gasteiger partial charge < -0.3 is 9.88 Å². The number of anilines is 1. The Hall–Kier alpha value is -5.29. The topological polar surface area (TPSA) is 189 Å². The Morgan fingerprint density at radius 1 is 1.05 bits per heavy atom. The number of imide groups is 1. The fourth-order valence-electron chi connectivity index (χ4n) is 3.63. The first-order chi connectivity index (χ1) is 18.8. The number of rotatable bonds is 6. The molecule has 15 nitrogen and oxygen atoms in total. The van der Waals surface area contributed by atoms with Gasteiger partial charge in [0.15, 0.2) is 17.0 Å². The molecule has 2 N–H and O–H groups in total. The van der Waals surface area contributed by atoms with Gasteiger partial charge in [-0.25, -0.2) is 29.3 Å². The molecule has 0 radical (unpaired) electrons. The number of fused-ring (bicyclic) bond motifs is 1. The molecule has 4 heterocycles. The van der Waals surface area contributed by atoms with Gasteiger partial charge in [0.05, 0.1) is 24.4 Å². The first-order valence-electron chi connectivity index (χ1n) is 11.3. The van der Waals surface area contributed by atoms with E-state index in [0.717, 1.165) is 30.2 Å². The number of alkyl halides is 3. The third-order valence-corrected chi connectivity index (χ3v) is 5.56. The molecule has 208 valence electrons. The maximum Gasteiger partial charge on any atom is 0.451 e. The van der Waals surface area contributed by atoms with Crippen molar-refractivity contribution < 1.29 is 27.6 Å². The van der Waals surface area contributed by atoms with Gasteiger partial charge in [-0.2, -0.15) is 13.2 Å². The first kappa shape index (κ1) is 27.7. The molecule has 0 unspecified atom stereocenters. The van der Waals surface area contributed by atoms with Crippen molar-refractivity contribution in [1.82, 2.24) is 43.9 Å². The number of amides is 3. The normalized spacial score (nSPS) is 12.2. The van der Waals surface area contributed by atoms with Gasteiger partial charge >= 0.3 is 11.9 Å². The Bertz CT molecular complexity index is 1760. The molecule has 4 aromatic heterocycles. The average molecular weight is 560 g/mol. The lowest BCUT2D eigenvalue weighted by Gasteiger charge is -2.15. The van der Waals surface area contributed by atoms with E-state index in [1.165, 1.54) is 30.9 Å². The van der Waals surface area contributed by atoms with Crippen LogP contribution in [0, 0.1) is 0 Å². The molecule has 1 atom stereocenters. The third kappa shape index (κ3) is 5.45. The molecule has 3 amide bonds. The van der Waals surface area contributed by atoms with Gasteiger partial charge in [0, 0.05) is 31.9 Å². The van der Waals surface area contributed by atoms with Crippen LogP contribution in [-0.4, -0.2) is 56.3 Å². The molecule has 0 saturated carbocycles. The molecule has 0 saturated heterocycles. The Labute approximate surface area is 220 Å². The molecule has 0 aliphatic heterocycles. The number of hydrogen-bond donors (Lipinski definition) is 2. The van der Waals surface area contributed by atoms with Crippen molar-refractivity contribution in [2.24, 2.45) is 7.05 Å². The zero-order valence-corrected chi connectivity index (χ0v) is 20.9. The number of halogens is 3. The molecule has 18 heteroatoms. The second-order valence-corrected chi connectivity index (χ2v) is 8.41. The van der Waals surface area contributed by atoms with Crippen molar-refractivity contribution in [3.05, 3.63) is 57.8 Å². The molecule has 0 aromatic carbocycles. The van der Waals surface area contributed by atoms with E-state index < -0.39 is 53.6 Å². The number of nitrogens with one attached hydrogen (secondary N) is 2. The Morgan fingerprint density at radius 3 is 2.35 bits per heavy atom. The van der Waals surface area contributed by atoms with Crippen molar-refractivity contribution in [2.75, 3.05) is 5.32 Å². The standard InChI is InChI=1S/C22H19F3N10O5/c1-10(18(38)32-14-7-26-6-13(31-14)12-4-27-20(28-5-12)22(23,24)25)35-9-29-17-16(35)19(39)34(21(40)33(17)3)8-15(37)30-11(2)36/h4-7,9-10H,8H2,1-3H3,(H,30,36,37)(H,31,32,38)/t10-/m0/s1. The van der Waals surface area contributed by atoms with Gasteiger partial charge in [-0.1, -0.05) is 0 Å². The number of carbonyl (C=O) groups is 3. The van der Waals surface area contributed by atoms with Crippen LogP contribution in [0.5, 0.6) is 0 Å². The van der Waals surface area contributed by atoms with Crippen molar-refractivity contribution in [3.8, 4) is 11.3 Å². The Kier molecular flexibility index (Phi) is 7.26. The van der Waals surface area contributed by atoms with Crippen LogP contribution in [0.25, 0.3) is 22.4 Å². The maximum absolute atomic E-state index is 13.2. The van der Waals surface area contributed by atoms with Crippen LogP contribution in [-0.2, 0) is 34.2 Å². The van der Waals surface area contributed by atoms with Crippen molar-refractivity contribution in [3.63, 3.8) is 0 Å². The van der Waals surface area contributed by atoms with Gasteiger partial charge in [0.2, 0.25) is 23.5 Å². The fraction of sp³-hybridized carbons (Fsp3) is 0.273. The largest absolute Gasteiger partial charge is 0.451 e. The molecule has 40 heavy (non-hydrogen) atoms. The summed E-state index contributed by atoms with van der Waals surface area (Å²) in [6.07, 6.45) is 0.700. The number of carbonyl (C=O) groups excluding carboxylic acids is 3. The summed E-state index contributed by atoms with van der Waals surface area (Å²) in [5, 5.41) is 4.47. The monoisotopic (exact) mass is 560 g/mol. The smallest absolute Gasteiger partial charge is 0.312 e. The van der Waals surface area contributed by atoms with E-state index in [1.54, 1.807) is 0 Å². The van der Waals surface area contributed by atoms with Crippen LogP contribution >= 0.6 is 0 Å². The molecule has 4 rings (SSSR count). The second kappa shape index (κ2) is 10.5. The minimum atomic E-state index is -4.72. The zero-order chi connectivity index (χ0) is 29.4. The number of nitrogens with zero attached hydrogens (tertiary/aromatic N) is 8. The summed E-state index contributed by atoms with van der Waals surface area (Å²) in [5.74, 6) is -3.65. The van der Waals surface area contributed by atoms with Gasteiger partial charge in [0.1, 0.15) is 12.6 Å². The summed E-state index contributed by atoms with van der Waals surface area (Å²) in [6.45, 7) is 1.77. The lowest BCUT2D eigenvalue weighted by atomic mass is 10.2. The van der Waals surface area contributed by atoms with Crippen molar-refractivity contribution >= 4 is 34.7 Å². The summed E-state index contributed by atoms with van der Waals surface area (Å²) < 4.78 is 41.0. The number of hydrogen-bond acceptors (Lipinski definition) is 10. The Morgan fingerprint density at radius 2 is 1.73 bits per heavy atom. The maximum atomic E-state index is 13.2. The minimum Gasteiger partial charge on any atom is -0.312 e. The van der Waals surface area contributed by atoms with Crippen LogP contribution in [0.2, 0.25) is 0 Å². The van der Waals surface area contributed by atoms with Gasteiger partial charge in [-0.05, 0) is 6.92 Å². The molecule has 0 fully saturated rings. The highest BCUT2D eigenvalue weighted by Gasteiger charge is 2.34. The van der Waals surface area contributed by atoms with Crippen LogP contribution in [0.1, 0.15) is 25.7 Å². The molecular formula is C22H19F3N10O5. The number of aromatic nitrogens is 8. The molecule has 0 bridgehead atoms. The van der Waals surface area contributed by atoms with E-state index in [2.05, 4.69) is 30.2 Å². The summed E-state index contributed by atoms with van der Waals surface area (Å²) in [7, 11) is 1.32. The SMILES string of the molecule is CC(=O)NC(=O)Cn1c(=O)c2c(ncn2[C@@H](C)C(=O)Nc2cncc(-c3cnc(C(F)(F)F)nc3)n2)n(C)c1=O. The highest BCUT2D eigenvalue weighted by Crippen LogP contribution is 2.26. The van der Waals surface area contributed by atoms with Crippen molar-refractivity contribution in [1.29, 1.82) is 0 Å². The summed E-state index contributed by atoms with van der Waals surface area (Å²) in [5.41, 5.74) is -1.81. The highest BCUT2D eigenvalue weighted by molar-refractivity contribution is 5.94. The quantitative estimate of drug-likeness (QED) is 0.325. The molecule has 0 aliphatic rings. The van der Waals surface area contributed by atoms with Gasteiger partial charge in [-0.3, -0.25) is 34.0 Å². The van der Waals surface area contributed by atoms with E-state index in [4.69, 9.17) is 0 Å². The van der Waals surface area contributed by atoms with E-state index in [1.807, 2.05) is 5.32 Å². The van der Waals surface area contributed by atoms with Crippen LogP contribution < -0.4 is 21.9 Å². The Balaban J connectivity index is 1.62. The van der Waals surface area contributed by atoms with Gasteiger partial charge in [-0.15, -0.1) is 0 Å². The summed E-state index contributed by atoms with van der Waals surface area (Å²) >= 11 is 0. The van der Waals surface area contributed by atoms with Crippen LogP contribution in [0.3, 0.4) is 0 Å². The number of imidazole rings is 1. The fourth-order valence-corrected chi connectivity index (χ4v) is 3.63. The molecule has 0 spiro atoms. The average Bonchev–Trinajstić information content (AvgIpc) is 3.34. The number of aryl methyl sites for hydroxylation is 1.